The van der Waals surface area contributed by atoms with E-state index in [0.29, 0.717) is 30.2 Å². The molecule has 4 heteroatoms. The zero-order valence-electron chi connectivity index (χ0n) is 14.5. The number of nitrogens with one attached hydrogen (secondary N) is 1. The molecule has 0 spiro atoms. The molecular formula is C17H33NO2Si. The molecule has 122 valence electrons. The molecule has 0 aliphatic carbocycles. The first kappa shape index (κ1) is 17.2. The van der Waals surface area contributed by atoms with Crippen LogP contribution in [0, 0.1) is 5.92 Å². The van der Waals surface area contributed by atoms with Crippen molar-refractivity contribution in [3.05, 3.63) is 0 Å². The van der Waals surface area contributed by atoms with Crippen LogP contribution in [0.4, 0.5) is 0 Å². The molecule has 3 nitrogen and oxygen atoms in total. The van der Waals surface area contributed by atoms with Crippen molar-refractivity contribution in [2.45, 2.75) is 89.5 Å². The van der Waals surface area contributed by atoms with Gasteiger partial charge in [-0.1, -0.05) is 20.8 Å². The van der Waals surface area contributed by atoms with Gasteiger partial charge in [0.2, 0.25) is 0 Å². The van der Waals surface area contributed by atoms with Gasteiger partial charge in [-0.25, -0.2) is 0 Å². The number of Topliss-reactive ketones (excluding diaryl/α,β-unsaturated/α-hetero) is 1. The maximum Gasteiger partial charge on any atom is 0.191 e. The smallest absolute Gasteiger partial charge is 0.191 e. The van der Waals surface area contributed by atoms with Gasteiger partial charge in [0.05, 0.1) is 0 Å². The summed E-state index contributed by atoms with van der Waals surface area (Å²) >= 11 is 0. The third kappa shape index (κ3) is 4.39. The first-order valence-electron chi connectivity index (χ1n) is 8.62. The van der Waals surface area contributed by atoms with Crippen molar-refractivity contribution in [2.75, 3.05) is 6.61 Å². The molecule has 2 rings (SSSR count). The van der Waals surface area contributed by atoms with Crippen molar-refractivity contribution >= 4 is 14.1 Å². The highest BCUT2D eigenvalue weighted by Gasteiger charge is 2.38. The standard InChI is InChI=1S/C17H33NO2Si/c1-17(2,3)21(4,5)20-10-6-7-16(19)13-11-14-8-9-15(12-13)18-14/h13-15,18H,6-12H2,1-5H3. The molecule has 2 aliphatic heterocycles. The Morgan fingerprint density at radius 1 is 1.19 bits per heavy atom. The zero-order valence-corrected chi connectivity index (χ0v) is 15.5. The van der Waals surface area contributed by atoms with Gasteiger partial charge in [0, 0.05) is 31.0 Å². The monoisotopic (exact) mass is 311 g/mol. The second-order valence-corrected chi connectivity index (χ2v) is 13.3. The van der Waals surface area contributed by atoms with Crippen LogP contribution in [0.2, 0.25) is 18.1 Å². The van der Waals surface area contributed by atoms with Gasteiger partial charge in [-0.3, -0.25) is 4.79 Å². The summed E-state index contributed by atoms with van der Waals surface area (Å²) in [7, 11) is -1.65. The molecule has 2 unspecified atom stereocenters. The lowest BCUT2D eigenvalue weighted by atomic mass is 9.87. The van der Waals surface area contributed by atoms with Crippen molar-refractivity contribution in [2.24, 2.45) is 5.92 Å². The Bertz CT molecular complexity index is 363. The van der Waals surface area contributed by atoms with E-state index in [4.69, 9.17) is 4.43 Å². The number of ketones is 1. The van der Waals surface area contributed by atoms with Gasteiger partial charge >= 0.3 is 0 Å². The summed E-state index contributed by atoms with van der Waals surface area (Å²) in [4.78, 5) is 12.4. The number of piperidine rings is 1. The van der Waals surface area contributed by atoms with Crippen LogP contribution >= 0.6 is 0 Å². The van der Waals surface area contributed by atoms with Crippen LogP contribution in [-0.4, -0.2) is 32.8 Å². The Kier molecular flexibility index (Phi) is 5.32. The van der Waals surface area contributed by atoms with Gasteiger partial charge < -0.3 is 9.74 Å². The quantitative estimate of drug-likeness (QED) is 0.597. The van der Waals surface area contributed by atoms with E-state index in [0.717, 1.165) is 25.9 Å². The highest BCUT2D eigenvalue weighted by Crippen LogP contribution is 2.36. The van der Waals surface area contributed by atoms with E-state index in [1.807, 2.05) is 0 Å². The molecule has 21 heavy (non-hydrogen) atoms. The van der Waals surface area contributed by atoms with Crippen LogP contribution in [0.3, 0.4) is 0 Å². The van der Waals surface area contributed by atoms with Gasteiger partial charge in [0.25, 0.3) is 0 Å². The lowest BCUT2D eigenvalue weighted by molar-refractivity contribution is -0.124. The summed E-state index contributed by atoms with van der Waals surface area (Å²) < 4.78 is 6.16. The average molecular weight is 312 g/mol. The second kappa shape index (κ2) is 6.51. The number of hydrogen-bond acceptors (Lipinski definition) is 3. The molecule has 0 aromatic heterocycles. The number of hydrogen-bond donors (Lipinski definition) is 1. The van der Waals surface area contributed by atoms with E-state index < -0.39 is 8.32 Å². The van der Waals surface area contributed by atoms with Crippen LogP contribution in [0.15, 0.2) is 0 Å². The normalized spacial score (nSPS) is 29.7. The van der Waals surface area contributed by atoms with Crippen molar-refractivity contribution in [1.29, 1.82) is 0 Å². The Morgan fingerprint density at radius 3 is 2.29 bits per heavy atom. The fourth-order valence-corrected chi connectivity index (χ4v) is 4.40. The molecule has 0 amide bonds. The van der Waals surface area contributed by atoms with E-state index in [-0.39, 0.29) is 5.04 Å². The molecule has 0 radical (unpaired) electrons. The van der Waals surface area contributed by atoms with E-state index in [2.05, 4.69) is 39.2 Å². The van der Waals surface area contributed by atoms with Gasteiger partial charge in [-0.2, -0.15) is 0 Å². The van der Waals surface area contributed by atoms with Crippen LogP contribution in [0.5, 0.6) is 0 Å². The third-order valence-corrected chi connectivity index (χ3v) is 10.3. The van der Waals surface area contributed by atoms with Gasteiger partial charge in [0.1, 0.15) is 5.78 Å². The lowest BCUT2D eigenvalue weighted by Gasteiger charge is -2.36. The Balaban J connectivity index is 1.68. The van der Waals surface area contributed by atoms with E-state index >= 15 is 0 Å². The molecular weight excluding hydrogens is 278 g/mol. The molecule has 1 N–H and O–H groups in total. The average Bonchev–Trinajstić information content (AvgIpc) is 2.72. The predicted molar refractivity (Wildman–Crippen MR) is 90.1 cm³/mol. The lowest BCUT2D eigenvalue weighted by Crippen LogP contribution is -2.41. The first-order chi connectivity index (χ1) is 9.69. The van der Waals surface area contributed by atoms with Gasteiger partial charge in [0.15, 0.2) is 8.32 Å². The predicted octanol–water partition coefficient (Wildman–Crippen LogP) is 3.89. The third-order valence-electron chi connectivity index (χ3n) is 5.77. The summed E-state index contributed by atoms with van der Waals surface area (Å²) in [5.74, 6) is 0.795. The van der Waals surface area contributed by atoms with Crippen LogP contribution < -0.4 is 5.32 Å². The van der Waals surface area contributed by atoms with E-state index in [1.54, 1.807) is 0 Å². The molecule has 2 bridgehead atoms. The fraction of sp³-hybridized carbons (Fsp3) is 0.941. The molecule has 0 aromatic rings. The fourth-order valence-electron chi connectivity index (χ4n) is 3.31. The Labute approximate surface area is 131 Å². The maximum absolute atomic E-state index is 12.4. The minimum absolute atomic E-state index is 0.255. The zero-order chi connectivity index (χ0) is 15.7. The number of carbonyl (C=O) groups excluding carboxylic acids is 1. The molecule has 2 saturated heterocycles. The Hall–Kier alpha value is -0.193. The molecule has 2 heterocycles. The highest BCUT2D eigenvalue weighted by molar-refractivity contribution is 6.74. The maximum atomic E-state index is 12.4. The highest BCUT2D eigenvalue weighted by atomic mass is 28.4. The second-order valence-electron chi connectivity index (χ2n) is 8.48. The van der Waals surface area contributed by atoms with Crippen LogP contribution in [0.25, 0.3) is 0 Å². The summed E-state index contributed by atoms with van der Waals surface area (Å²) in [6, 6.07) is 1.22. The SMILES string of the molecule is CC(C)(C)[Si](C)(C)OCCCC(=O)C1CC2CCC(C1)N2. The van der Waals surface area contributed by atoms with Crippen molar-refractivity contribution in [1.82, 2.24) is 5.32 Å². The van der Waals surface area contributed by atoms with Crippen molar-refractivity contribution in [3.8, 4) is 0 Å². The summed E-state index contributed by atoms with van der Waals surface area (Å²) in [6.45, 7) is 12.1. The van der Waals surface area contributed by atoms with Crippen molar-refractivity contribution < 1.29 is 9.22 Å². The van der Waals surface area contributed by atoms with Gasteiger partial charge in [-0.15, -0.1) is 0 Å². The van der Waals surface area contributed by atoms with Crippen molar-refractivity contribution in [3.63, 3.8) is 0 Å². The molecule has 0 saturated carbocycles. The van der Waals surface area contributed by atoms with Crippen LogP contribution in [0.1, 0.15) is 59.3 Å². The topological polar surface area (TPSA) is 38.3 Å². The summed E-state index contributed by atoms with van der Waals surface area (Å²) in [5, 5.41) is 3.86. The molecule has 2 atom stereocenters. The molecule has 0 aromatic carbocycles. The number of carbonyl (C=O) groups is 1. The molecule has 2 fully saturated rings. The summed E-state index contributed by atoms with van der Waals surface area (Å²) in [6.07, 6.45) is 6.27. The number of fused-ring (bicyclic) bond motifs is 2. The first-order valence-corrected chi connectivity index (χ1v) is 11.5. The number of rotatable bonds is 6. The molecule has 2 aliphatic rings. The summed E-state index contributed by atoms with van der Waals surface area (Å²) in [5.41, 5.74) is 0. The minimum Gasteiger partial charge on any atom is -0.417 e. The minimum atomic E-state index is -1.65. The van der Waals surface area contributed by atoms with Crippen LogP contribution in [-0.2, 0) is 9.22 Å². The van der Waals surface area contributed by atoms with E-state index in [9.17, 15) is 4.79 Å². The largest absolute Gasteiger partial charge is 0.417 e. The van der Waals surface area contributed by atoms with E-state index in [1.165, 1.54) is 12.8 Å². The Morgan fingerprint density at radius 2 is 1.76 bits per heavy atom. The van der Waals surface area contributed by atoms with Gasteiger partial charge in [-0.05, 0) is 50.2 Å².